The molecule has 0 unspecified atom stereocenters. The molecule has 0 fully saturated rings. The zero-order valence-electron chi connectivity index (χ0n) is 14.3. The van der Waals surface area contributed by atoms with Crippen molar-refractivity contribution in [1.29, 1.82) is 0 Å². The van der Waals surface area contributed by atoms with Crippen molar-refractivity contribution in [2.24, 2.45) is 0 Å². The van der Waals surface area contributed by atoms with Gasteiger partial charge in [0, 0.05) is 18.6 Å². The Labute approximate surface area is 146 Å². The van der Waals surface area contributed by atoms with E-state index in [0.29, 0.717) is 18.1 Å². The lowest BCUT2D eigenvalue weighted by Gasteiger charge is -2.11. The van der Waals surface area contributed by atoms with Crippen LogP contribution in [0.1, 0.15) is 17.5 Å². The third kappa shape index (κ3) is 4.23. The number of anilines is 1. The summed E-state index contributed by atoms with van der Waals surface area (Å²) < 4.78 is 7.27. The highest BCUT2D eigenvalue weighted by atomic mass is 16.5. The second-order valence-corrected chi connectivity index (χ2v) is 5.72. The zero-order valence-corrected chi connectivity index (χ0v) is 14.3. The fraction of sp³-hybridized carbons (Fsp3) is 0.211. The Morgan fingerprint density at radius 2 is 2.04 bits per heavy atom. The fourth-order valence-electron chi connectivity index (χ4n) is 2.35. The maximum absolute atomic E-state index is 12.2. The summed E-state index contributed by atoms with van der Waals surface area (Å²) in [6, 6.07) is 11.3. The Bertz CT molecular complexity index is 860. The summed E-state index contributed by atoms with van der Waals surface area (Å²) in [6.45, 7) is 4.40. The van der Waals surface area contributed by atoms with Crippen molar-refractivity contribution in [3.63, 3.8) is 0 Å². The van der Waals surface area contributed by atoms with Gasteiger partial charge < -0.3 is 10.1 Å². The first-order valence-corrected chi connectivity index (χ1v) is 8.08. The van der Waals surface area contributed by atoms with Gasteiger partial charge in [0.05, 0.1) is 18.7 Å². The van der Waals surface area contributed by atoms with E-state index >= 15 is 0 Å². The van der Waals surface area contributed by atoms with Crippen molar-refractivity contribution < 1.29 is 9.53 Å². The highest BCUT2D eigenvalue weighted by Crippen LogP contribution is 2.18. The minimum Gasteiger partial charge on any atom is -0.493 e. The average Bonchev–Trinajstić information content (AvgIpc) is 3.13. The van der Waals surface area contributed by atoms with Gasteiger partial charge in [-0.05, 0) is 55.3 Å². The number of ether oxygens (including phenoxy) is 1. The number of carbonyl (C=O) groups is 1. The molecule has 3 rings (SSSR count). The van der Waals surface area contributed by atoms with Crippen LogP contribution >= 0.6 is 0 Å². The van der Waals surface area contributed by atoms with Crippen molar-refractivity contribution in [2.75, 3.05) is 11.9 Å². The average molecular weight is 336 g/mol. The summed E-state index contributed by atoms with van der Waals surface area (Å²) >= 11 is 0. The quantitative estimate of drug-likeness (QED) is 0.750. The van der Waals surface area contributed by atoms with E-state index in [1.54, 1.807) is 41.5 Å². The predicted molar refractivity (Wildman–Crippen MR) is 96.0 cm³/mol. The molecule has 0 aliphatic heterocycles. The van der Waals surface area contributed by atoms with Crippen molar-refractivity contribution in [3.8, 4) is 11.6 Å². The number of nitrogens with one attached hydrogen (secondary N) is 1. The number of hydrogen-bond acceptors (Lipinski definition) is 4. The monoisotopic (exact) mass is 336 g/mol. The highest BCUT2D eigenvalue weighted by Gasteiger charge is 2.10. The number of amides is 1. The Kier molecular flexibility index (Phi) is 5.09. The molecule has 6 nitrogen and oxygen atoms in total. The first-order chi connectivity index (χ1) is 12.1. The Balaban J connectivity index is 1.57. The predicted octanol–water partition coefficient (Wildman–Crippen LogP) is 3.29. The summed E-state index contributed by atoms with van der Waals surface area (Å²) in [5, 5.41) is 7.01. The third-order valence-corrected chi connectivity index (χ3v) is 3.86. The van der Waals surface area contributed by atoms with Crippen LogP contribution in [0.4, 0.5) is 5.69 Å². The number of hydrogen-bond donors (Lipinski definition) is 1. The summed E-state index contributed by atoms with van der Waals surface area (Å²) in [5.74, 6) is 1.22. The second-order valence-electron chi connectivity index (χ2n) is 5.72. The van der Waals surface area contributed by atoms with Gasteiger partial charge in [0.15, 0.2) is 5.82 Å². The van der Waals surface area contributed by atoms with E-state index in [4.69, 9.17) is 4.74 Å². The maximum atomic E-state index is 12.2. The van der Waals surface area contributed by atoms with Crippen LogP contribution in [0.15, 0.2) is 55.0 Å². The van der Waals surface area contributed by atoms with Crippen molar-refractivity contribution >= 4 is 11.6 Å². The van der Waals surface area contributed by atoms with Gasteiger partial charge in [0.25, 0.3) is 0 Å². The first-order valence-electron chi connectivity index (χ1n) is 8.08. The molecule has 2 heterocycles. The molecule has 0 spiro atoms. The first kappa shape index (κ1) is 16.7. The van der Waals surface area contributed by atoms with Crippen LogP contribution in [0.25, 0.3) is 5.82 Å². The van der Waals surface area contributed by atoms with E-state index in [9.17, 15) is 4.79 Å². The number of rotatable bonds is 6. The number of nitrogens with zero attached hydrogens (tertiary/aromatic N) is 3. The molecule has 0 saturated heterocycles. The minimum absolute atomic E-state index is 0.134. The van der Waals surface area contributed by atoms with Crippen molar-refractivity contribution in [1.82, 2.24) is 14.8 Å². The van der Waals surface area contributed by atoms with Crippen molar-refractivity contribution in [3.05, 3.63) is 66.1 Å². The second kappa shape index (κ2) is 7.61. The summed E-state index contributed by atoms with van der Waals surface area (Å²) in [7, 11) is 0. The van der Waals surface area contributed by atoms with E-state index in [0.717, 1.165) is 5.75 Å². The molecule has 1 amide bonds. The van der Waals surface area contributed by atoms with Gasteiger partial charge in [-0.15, -0.1) is 0 Å². The number of carbonyl (C=O) groups excluding carboxylic acids is 1. The lowest BCUT2D eigenvalue weighted by molar-refractivity contribution is -0.116. The van der Waals surface area contributed by atoms with Gasteiger partial charge in [-0.2, -0.15) is 5.10 Å². The smallest absolute Gasteiger partial charge is 0.227 e. The standard InChI is InChI=1S/C19H20N4O2/c1-14-6-7-16(13-15(14)2)25-12-8-18(24)22-17-5-3-9-20-19(17)23-11-4-10-21-23/h3-7,9-11,13H,8,12H2,1-2H3,(H,22,24). The largest absolute Gasteiger partial charge is 0.493 e. The molecule has 0 bridgehead atoms. The Morgan fingerprint density at radius 1 is 1.16 bits per heavy atom. The van der Waals surface area contributed by atoms with Crippen LogP contribution in [0, 0.1) is 13.8 Å². The molecule has 0 saturated carbocycles. The zero-order chi connectivity index (χ0) is 17.6. The van der Waals surface area contributed by atoms with Gasteiger partial charge >= 0.3 is 0 Å². The van der Waals surface area contributed by atoms with Gasteiger partial charge in [-0.1, -0.05) is 6.07 Å². The van der Waals surface area contributed by atoms with E-state index in [1.165, 1.54) is 11.1 Å². The minimum atomic E-state index is -0.134. The maximum Gasteiger partial charge on any atom is 0.227 e. The topological polar surface area (TPSA) is 69.0 Å². The SMILES string of the molecule is Cc1ccc(OCCC(=O)Nc2cccnc2-n2cccn2)cc1C. The number of aryl methyl sites for hydroxylation is 2. The van der Waals surface area contributed by atoms with E-state index in [2.05, 4.69) is 22.3 Å². The van der Waals surface area contributed by atoms with Crippen molar-refractivity contribution in [2.45, 2.75) is 20.3 Å². The summed E-state index contributed by atoms with van der Waals surface area (Å²) in [6.07, 6.45) is 5.36. The fourth-order valence-corrected chi connectivity index (χ4v) is 2.35. The molecule has 0 aliphatic rings. The number of benzene rings is 1. The van der Waals surface area contributed by atoms with Crippen LogP contribution in [0.5, 0.6) is 5.75 Å². The Morgan fingerprint density at radius 3 is 2.80 bits per heavy atom. The van der Waals surface area contributed by atoms with Crippen LogP contribution in [0.2, 0.25) is 0 Å². The van der Waals surface area contributed by atoms with Crippen LogP contribution in [0.3, 0.4) is 0 Å². The van der Waals surface area contributed by atoms with Gasteiger partial charge in [-0.25, -0.2) is 9.67 Å². The molecule has 1 aromatic carbocycles. The molecule has 0 radical (unpaired) electrons. The molecule has 0 atom stereocenters. The highest BCUT2D eigenvalue weighted by molar-refractivity contribution is 5.92. The molecule has 1 N–H and O–H groups in total. The van der Waals surface area contributed by atoms with E-state index < -0.39 is 0 Å². The van der Waals surface area contributed by atoms with Crippen LogP contribution < -0.4 is 10.1 Å². The van der Waals surface area contributed by atoms with Gasteiger partial charge in [0.2, 0.25) is 5.91 Å². The lowest BCUT2D eigenvalue weighted by atomic mass is 10.1. The molecule has 6 heteroatoms. The molecular weight excluding hydrogens is 316 g/mol. The third-order valence-electron chi connectivity index (χ3n) is 3.86. The summed E-state index contributed by atoms with van der Waals surface area (Å²) in [4.78, 5) is 16.5. The van der Waals surface area contributed by atoms with Gasteiger partial charge in [0.1, 0.15) is 5.75 Å². The lowest BCUT2D eigenvalue weighted by Crippen LogP contribution is -2.17. The van der Waals surface area contributed by atoms with Gasteiger partial charge in [-0.3, -0.25) is 4.79 Å². The molecule has 3 aromatic rings. The number of aromatic nitrogens is 3. The summed E-state index contributed by atoms with van der Waals surface area (Å²) in [5.41, 5.74) is 3.00. The normalized spacial score (nSPS) is 10.5. The van der Waals surface area contributed by atoms with Crippen LogP contribution in [-0.4, -0.2) is 27.3 Å². The van der Waals surface area contributed by atoms with E-state index in [1.807, 2.05) is 25.1 Å². The molecule has 25 heavy (non-hydrogen) atoms. The van der Waals surface area contributed by atoms with Crippen LogP contribution in [-0.2, 0) is 4.79 Å². The molecule has 128 valence electrons. The number of pyridine rings is 1. The Hall–Kier alpha value is -3.15. The molecular formula is C19H20N4O2. The molecule has 2 aromatic heterocycles. The molecule has 0 aliphatic carbocycles. The van der Waals surface area contributed by atoms with E-state index in [-0.39, 0.29) is 12.3 Å².